The second kappa shape index (κ2) is 8.18. The Morgan fingerprint density at radius 2 is 1.74 bits per heavy atom. The molecule has 4 aromatic rings. The van der Waals surface area contributed by atoms with Gasteiger partial charge in [-0.1, -0.05) is 36.4 Å². The summed E-state index contributed by atoms with van der Waals surface area (Å²) in [6, 6.07) is 17.3. The van der Waals surface area contributed by atoms with Gasteiger partial charge in [0.05, 0.1) is 28.4 Å². The van der Waals surface area contributed by atoms with Crippen LogP contribution in [0.3, 0.4) is 0 Å². The number of pyridine rings is 2. The highest BCUT2D eigenvalue weighted by Gasteiger charge is 2.30. The molecule has 4 nitrogen and oxygen atoms in total. The van der Waals surface area contributed by atoms with Crippen LogP contribution in [0.15, 0.2) is 79.1 Å². The normalized spacial score (nSPS) is 12.5. The molecule has 1 N–H and O–H groups in total. The fourth-order valence-electron chi connectivity index (χ4n) is 3.34. The highest BCUT2D eigenvalue weighted by molar-refractivity contribution is 6.00. The molecule has 0 fully saturated rings. The second-order valence-electron chi connectivity index (χ2n) is 7.13. The summed E-state index contributed by atoms with van der Waals surface area (Å²) in [7, 11) is 0. The summed E-state index contributed by atoms with van der Waals surface area (Å²) in [5.41, 5.74) is 2.35. The molecule has 31 heavy (non-hydrogen) atoms. The molecule has 4 rings (SSSR count). The van der Waals surface area contributed by atoms with E-state index in [-0.39, 0.29) is 11.9 Å². The number of carbonyl (C=O) groups excluding carboxylic acids is 1. The quantitative estimate of drug-likeness (QED) is 0.453. The van der Waals surface area contributed by atoms with Gasteiger partial charge in [0.25, 0.3) is 5.91 Å². The summed E-state index contributed by atoms with van der Waals surface area (Å²) in [6.45, 7) is 1.84. The Labute approximate surface area is 176 Å². The van der Waals surface area contributed by atoms with Gasteiger partial charge in [0.2, 0.25) is 0 Å². The highest BCUT2D eigenvalue weighted by atomic mass is 19.4. The molecule has 156 valence electrons. The van der Waals surface area contributed by atoms with E-state index >= 15 is 0 Å². The topological polar surface area (TPSA) is 54.9 Å². The first-order valence-electron chi connectivity index (χ1n) is 9.61. The van der Waals surface area contributed by atoms with E-state index < -0.39 is 11.7 Å². The summed E-state index contributed by atoms with van der Waals surface area (Å²) >= 11 is 0. The van der Waals surface area contributed by atoms with Gasteiger partial charge in [-0.15, -0.1) is 0 Å². The van der Waals surface area contributed by atoms with E-state index in [1.54, 1.807) is 30.5 Å². The number of fused-ring (bicyclic) bond motifs is 1. The van der Waals surface area contributed by atoms with Crippen molar-refractivity contribution in [1.82, 2.24) is 15.3 Å². The third-order valence-electron chi connectivity index (χ3n) is 4.98. The van der Waals surface area contributed by atoms with Gasteiger partial charge in [-0.25, -0.2) is 0 Å². The second-order valence-corrected chi connectivity index (χ2v) is 7.13. The zero-order chi connectivity index (χ0) is 22.0. The molecule has 2 aromatic heterocycles. The van der Waals surface area contributed by atoms with Crippen LogP contribution in [0.2, 0.25) is 0 Å². The van der Waals surface area contributed by atoms with Gasteiger partial charge in [0.15, 0.2) is 0 Å². The molecule has 0 saturated heterocycles. The molecule has 0 bridgehead atoms. The zero-order valence-corrected chi connectivity index (χ0v) is 16.5. The number of nitrogens with one attached hydrogen (secondary N) is 1. The Morgan fingerprint density at radius 1 is 0.968 bits per heavy atom. The average molecular weight is 421 g/mol. The van der Waals surface area contributed by atoms with Crippen molar-refractivity contribution >= 4 is 16.8 Å². The lowest BCUT2D eigenvalue weighted by atomic mass is 10.00. The highest BCUT2D eigenvalue weighted by Crippen LogP contribution is 2.33. The fourth-order valence-corrected chi connectivity index (χ4v) is 3.34. The van der Waals surface area contributed by atoms with E-state index in [0.29, 0.717) is 22.2 Å². The monoisotopic (exact) mass is 421 g/mol. The van der Waals surface area contributed by atoms with Crippen molar-refractivity contribution in [3.05, 3.63) is 95.9 Å². The zero-order valence-electron chi connectivity index (χ0n) is 16.5. The SMILES string of the molecule is C[C@H](NC(=O)c1cnc2c(-c3ccc(C(F)(F)F)cc3)cccc2c1)c1ccccn1. The summed E-state index contributed by atoms with van der Waals surface area (Å²) in [5.74, 6) is -0.285. The Hall–Kier alpha value is -3.74. The molecular weight excluding hydrogens is 403 g/mol. The standard InChI is InChI=1S/C24H18F3N3O/c1-15(21-7-2-3-12-28-21)30-23(31)18-13-17-5-4-6-20(22(17)29-14-18)16-8-10-19(11-9-16)24(25,26)27/h2-15H,1H3,(H,30,31)/t15-/m0/s1. The predicted octanol–water partition coefficient (Wildman–Crippen LogP) is 5.81. The molecule has 1 atom stereocenters. The van der Waals surface area contributed by atoms with Gasteiger partial charge >= 0.3 is 6.18 Å². The Kier molecular flexibility index (Phi) is 5.42. The molecule has 0 aliphatic rings. The van der Waals surface area contributed by atoms with Crippen molar-refractivity contribution in [3.63, 3.8) is 0 Å². The molecule has 2 heterocycles. The molecule has 2 aromatic carbocycles. The molecule has 7 heteroatoms. The third-order valence-corrected chi connectivity index (χ3v) is 4.98. The number of halogens is 3. The van der Waals surface area contributed by atoms with Gasteiger partial charge in [0.1, 0.15) is 0 Å². The number of hydrogen-bond acceptors (Lipinski definition) is 3. The van der Waals surface area contributed by atoms with E-state index in [4.69, 9.17) is 0 Å². The number of aromatic nitrogens is 2. The Morgan fingerprint density at radius 3 is 2.42 bits per heavy atom. The number of rotatable bonds is 4. The van der Waals surface area contributed by atoms with Crippen molar-refractivity contribution in [2.45, 2.75) is 19.1 Å². The van der Waals surface area contributed by atoms with Crippen molar-refractivity contribution in [2.24, 2.45) is 0 Å². The van der Waals surface area contributed by atoms with Crippen molar-refractivity contribution in [3.8, 4) is 11.1 Å². The minimum absolute atomic E-state index is 0.275. The van der Waals surface area contributed by atoms with Crippen molar-refractivity contribution in [2.75, 3.05) is 0 Å². The number of amides is 1. The predicted molar refractivity (Wildman–Crippen MR) is 112 cm³/mol. The van der Waals surface area contributed by atoms with Crippen LogP contribution in [0, 0.1) is 0 Å². The van der Waals surface area contributed by atoms with E-state index in [1.807, 2.05) is 25.1 Å². The lowest BCUT2D eigenvalue weighted by Gasteiger charge is -2.14. The van der Waals surface area contributed by atoms with Gasteiger partial charge in [-0.3, -0.25) is 14.8 Å². The maximum atomic E-state index is 12.8. The van der Waals surface area contributed by atoms with E-state index in [1.165, 1.54) is 18.3 Å². The van der Waals surface area contributed by atoms with E-state index in [0.717, 1.165) is 23.2 Å². The largest absolute Gasteiger partial charge is 0.416 e. The van der Waals surface area contributed by atoms with Crippen LogP contribution >= 0.6 is 0 Å². The third kappa shape index (κ3) is 4.40. The number of alkyl halides is 3. The molecule has 0 radical (unpaired) electrons. The fraction of sp³-hybridized carbons (Fsp3) is 0.125. The summed E-state index contributed by atoms with van der Waals surface area (Å²) < 4.78 is 38.5. The van der Waals surface area contributed by atoms with Gasteiger partial charge in [0, 0.05) is 23.3 Å². The smallest absolute Gasteiger partial charge is 0.344 e. The van der Waals surface area contributed by atoms with Crippen molar-refractivity contribution < 1.29 is 18.0 Å². The minimum atomic E-state index is -4.38. The number of para-hydroxylation sites is 1. The van der Waals surface area contributed by atoms with Gasteiger partial charge in [-0.2, -0.15) is 13.2 Å². The first-order valence-corrected chi connectivity index (χ1v) is 9.61. The van der Waals surface area contributed by atoms with Gasteiger partial charge in [-0.05, 0) is 42.8 Å². The van der Waals surface area contributed by atoms with Crippen LogP contribution in [0.4, 0.5) is 13.2 Å². The minimum Gasteiger partial charge on any atom is -0.344 e. The van der Waals surface area contributed by atoms with Crippen molar-refractivity contribution in [1.29, 1.82) is 0 Å². The molecule has 0 unspecified atom stereocenters. The average Bonchev–Trinajstić information content (AvgIpc) is 2.78. The van der Waals surface area contributed by atoms with E-state index in [2.05, 4.69) is 15.3 Å². The first-order chi connectivity index (χ1) is 14.8. The summed E-state index contributed by atoms with van der Waals surface area (Å²) in [4.78, 5) is 21.3. The molecule has 0 spiro atoms. The molecule has 0 aliphatic carbocycles. The van der Waals surface area contributed by atoms with Crippen LogP contribution in [0.25, 0.3) is 22.0 Å². The number of hydrogen-bond donors (Lipinski definition) is 1. The number of benzene rings is 2. The lowest BCUT2D eigenvalue weighted by molar-refractivity contribution is -0.137. The molecular formula is C24H18F3N3O. The maximum absolute atomic E-state index is 12.8. The number of nitrogens with zero attached hydrogens (tertiary/aromatic N) is 2. The van der Waals surface area contributed by atoms with Crippen LogP contribution in [-0.2, 0) is 6.18 Å². The molecule has 0 aliphatic heterocycles. The van der Waals surface area contributed by atoms with Crippen LogP contribution in [-0.4, -0.2) is 15.9 Å². The Balaban J connectivity index is 1.61. The number of carbonyl (C=O) groups is 1. The lowest BCUT2D eigenvalue weighted by Crippen LogP contribution is -2.27. The van der Waals surface area contributed by atoms with Crippen LogP contribution in [0.5, 0.6) is 0 Å². The maximum Gasteiger partial charge on any atom is 0.416 e. The molecule has 1 amide bonds. The Bertz CT molecular complexity index is 1220. The molecule has 0 saturated carbocycles. The van der Waals surface area contributed by atoms with E-state index in [9.17, 15) is 18.0 Å². The first kappa shape index (κ1) is 20.5. The van der Waals surface area contributed by atoms with Gasteiger partial charge < -0.3 is 5.32 Å². The van der Waals surface area contributed by atoms with Crippen LogP contribution < -0.4 is 5.32 Å². The summed E-state index contributed by atoms with van der Waals surface area (Å²) in [5, 5.41) is 3.61. The van der Waals surface area contributed by atoms with Crippen LogP contribution in [0.1, 0.15) is 34.6 Å². The summed E-state index contributed by atoms with van der Waals surface area (Å²) in [6.07, 6.45) is -1.25.